The molecule has 3 rings (SSSR count). The first kappa shape index (κ1) is 18.4. The molecule has 1 aliphatic heterocycles. The molecule has 6 heteroatoms. The SMILES string of the molecule is CC/C=C(/CC(=O)O)[P+]1(O)N(c2ccccc2)CCN1c1ccccc1. The summed E-state index contributed by atoms with van der Waals surface area (Å²) >= 11 is 0. The van der Waals surface area contributed by atoms with Gasteiger partial charge >= 0.3 is 13.8 Å². The van der Waals surface area contributed by atoms with Crippen LogP contribution in [0.15, 0.2) is 72.1 Å². The lowest BCUT2D eigenvalue weighted by atomic mass is 10.3. The van der Waals surface area contributed by atoms with Gasteiger partial charge in [0.05, 0.1) is 24.5 Å². The molecule has 0 amide bonds. The molecule has 1 fully saturated rings. The maximum atomic E-state index is 12.0. The fourth-order valence-corrected chi connectivity index (χ4v) is 6.68. The third-order valence-electron chi connectivity index (χ3n) is 4.46. The molecule has 0 saturated carbocycles. The summed E-state index contributed by atoms with van der Waals surface area (Å²) in [6, 6.07) is 19.5. The Hall–Kier alpha value is -2.36. The predicted molar refractivity (Wildman–Crippen MR) is 107 cm³/mol. The van der Waals surface area contributed by atoms with E-state index in [1.54, 1.807) is 0 Å². The van der Waals surface area contributed by atoms with E-state index in [4.69, 9.17) is 0 Å². The van der Waals surface area contributed by atoms with E-state index in [0.717, 1.165) is 11.4 Å². The highest BCUT2D eigenvalue weighted by Crippen LogP contribution is 2.72. The van der Waals surface area contributed by atoms with Gasteiger partial charge < -0.3 is 5.11 Å². The Morgan fingerprint density at radius 1 is 1.00 bits per heavy atom. The molecule has 1 saturated heterocycles. The summed E-state index contributed by atoms with van der Waals surface area (Å²) in [5, 5.41) is 10.0. The Balaban J connectivity index is 2.12. The molecule has 2 aromatic rings. The van der Waals surface area contributed by atoms with Crippen molar-refractivity contribution in [2.45, 2.75) is 19.8 Å². The average Bonchev–Trinajstić information content (AvgIpc) is 3.01. The summed E-state index contributed by atoms with van der Waals surface area (Å²) in [5.41, 5.74) is 1.82. The lowest BCUT2D eigenvalue weighted by Gasteiger charge is -2.32. The van der Waals surface area contributed by atoms with Gasteiger partial charge in [-0.1, -0.05) is 43.3 Å². The number of carboxylic acid groups (broad SMARTS) is 1. The Morgan fingerprint density at radius 3 is 1.85 bits per heavy atom. The van der Waals surface area contributed by atoms with Crippen molar-refractivity contribution in [1.82, 2.24) is 0 Å². The molecule has 2 N–H and O–H groups in total. The maximum absolute atomic E-state index is 12.0. The summed E-state index contributed by atoms with van der Waals surface area (Å²) in [6.45, 7) is 3.25. The Labute approximate surface area is 154 Å². The summed E-state index contributed by atoms with van der Waals surface area (Å²) in [4.78, 5) is 23.5. The fraction of sp³-hybridized carbons (Fsp3) is 0.250. The number of hydrogen-bond donors (Lipinski definition) is 2. The van der Waals surface area contributed by atoms with E-state index in [1.807, 2.05) is 83.0 Å². The molecule has 1 heterocycles. The van der Waals surface area contributed by atoms with Crippen LogP contribution in [0.5, 0.6) is 0 Å². The molecule has 0 unspecified atom stereocenters. The normalized spacial score (nSPS) is 16.8. The highest BCUT2D eigenvalue weighted by molar-refractivity contribution is 7.77. The minimum absolute atomic E-state index is 0.162. The summed E-state index contributed by atoms with van der Waals surface area (Å²) in [6.07, 6.45) is 2.39. The zero-order valence-electron chi connectivity index (χ0n) is 14.8. The van der Waals surface area contributed by atoms with Gasteiger partial charge in [0, 0.05) is 0 Å². The van der Waals surface area contributed by atoms with Gasteiger partial charge in [-0.15, -0.1) is 0 Å². The summed E-state index contributed by atoms with van der Waals surface area (Å²) in [7, 11) is -3.02. The van der Waals surface area contributed by atoms with E-state index < -0.39 is 13.8 Å². The summed E-state index contributed by atoms with van der Waals surface area (Å²) in [5.74, 6) is -0.925. The van der Waals surface area contributed by atoms with Crippen LogP contribution in [0.25, 0.3) is 0 Å². The van der Waals surface area contributed by atoms with Gasteiger partial charge in [-0.25, -0.2) is 0 Å². The number of nitrogens with zero attached hydrogens (tertiary/aromatic N) is 2. The molecule has 2 aromatic carbocycles. The number of para-hydroxylation sites is 2. The first-order chi connectivity index (χ1) is 12.6. The van der Waals surface area contributed by atoms with Crippen molar-refractivity contribution in [3.63, 3.8) is 0 Å². The van der Waals surface area contributed by atoms with Crippen LogP contribution in [0.4, 0.5) is 11.4 Å². The molecule has 0 bridgehead atoms. The predicted octanol–water partition coefficient (Wildman–Crippen LogP) is 4.54. The van der Waals surface area contributed by atoms with Crippen molar-refractivity contribution in [1.29, 1.82) is 0 Å². The number of benzene rings is 2. The van der Waals surface area contributed by atoms with Crippen LogP contribution in [0, 0.1) is 0 Å². The second-order valence-electron chi connectivity index (χ2n) is 6.16. The number of allylic oxidation sites excluding steroid dienone is 1. The largest absolute Gasteiger partial charge is 0.481 e. The molecule has 0 aromatic heterocycles. The van der Waals surface area contributed by atoms with E-state index in [9.17, 15) is 14.8 Å². The second kappa shape index (κ2) is 7.90. The van der Waals surface area contributed by atoms with Gasteiger partial charge in [-0.3, -0.25) is 4.79 Å². The number of carbonyl (C=O) groups is 1. The first-order valence-corrected chi connectivity index (χ1v) is 10.4. The van der Waals surface area contributed by atoms with Crippen molar-refractivity contribution in [3.8, 4) is 0 Å². The zero-order valence-corrected chi connectivity index (χ0v) is 15.7. The average molecular weight is 371 g/mol. The van der Waals surface area contributed by atoms with Crippen LogP contribution in [-0.2, 0) is 4.79 Å². The maximum Gasteiger partial charge on any atom is 0.362 e. The van der Waals surface area contributed by atoms with Crippen LogP contribution >= 0.6 is 7.79 Å². The topological polar surface area (TPSA) is 64.0 Å². The third-order valence-corrected chi connectivity index (χ3v) is 7.78. The Morgan fingerprint density at radius 2 is 1.46 bits per heavy atom. The van der Waals surface area contributed by atoms with E-state index in [2.05, 4.69) is 0 Å². The van der Waals surface area contributed by atoms with Gasteiger partial charge in [-0.05, 0) is 36.8 Å². The van der Waals surface area contributed by atoms with Crippen molar-refractivity contribution in [2.75, 3.05) is 22.4 Å². The quantitative estimate of drug-likeness (QED) is 0.730. The van der Waals surface area contributed by atoms with Crippen LogP contribution < -0.4 is 9.34 Å². The van der Waals surface area contributed by atoms with E-state index in [-0.39, 0.29) is 6.42 Å². The van der Waals surface area contributed by atoms with Gasteiger partial charge in [0.15, 0.2) is 5.31 Å². The van der Waals surface area contributed by atoms with E-state index in [1.165, 1.54) is 0 Å². The minimum atomic E-state index is -3.02. The van der Waals surface area contributed by atoms with Crippen molar-refractivity contribution in [2.24, 2.45) is 0 Å². The fourth-order valence-electron chi connectivity index (χ4n) is 3.38. The standard InChI is InChI=1S/C20H23N2O3P/c1-2-9-19(16-20(23)24)26(25)21(17-10-5-3-6-11-17)14-15-22(26)18-12-7-4-8-13-18/h3-13,25H,2,14-16H2,1H3/p+1/b19-9-. The monoisotopic (exact) mass is 371 g/mol. The molecule has 5 nitrogen and oxygen atoms in total. The van der Waals surface area contributed by atoms with Gasteiger partial charge in [-0.2, -0.15) is 14.2 Å². The minimum Gasteiger partial charge on any atom is -0.481 e. The number of aliphatic carboxylic acids is 1. The van der Waals surface area contributed by atoms with Crippen molar-refractivity contribution in [3.05, 3.63) is 72.1 Å². The third kappa shape index (κ3) is 3.46. The lowest BCUT2D eigenvalue weighted by molar-refractivity contribution is -0.136. The first-order valence-electron chi connectivity index (χ1n) is 8.76. The molecule has 0 radical (unpaired) electrons. The van der Waals surface area contributed by atoms with Crippen LogP contribution in [0.2, 0.25) is 0 Å². The van der Waals surface area contributed by atoms with Crippen molar-refractivity contribution >= 4 is 25.1 Å². The lowest BCUT2D eigenvalue weighted by Crippen LogP contribution is -2.26. The molecular formula is C20H24N2O3P+. The summed E-state index contributed by atoms with van der Waals surface area (Å²) < 4.78 is 3.98. The number of anilines is 2. The number of carboxylic acids is 1. The smallest absolute Gasteiger partial charge is 0.362 e. The molecule has 0 atom stereocenters. The highest BCUT2D eigenvalue weighted by atomic mass is 31.2. The highest BCUT2D eigenvalue weighted by Gasteiger charge is 2.59. The number of rotatable bonds is 6. The van der Waals surface area contributed by atoms with Crippen LogP contribution in [0.1, 0.15) is 19.8 Å². The molecule has 26 heavy (non-hydrogen) atoms. The van der Waals surface area contributed by atoms with E-state index >= 15 is 0 Å². The Kier molecular flexibility index (Phi) is 5.60. The van der Waals surface area contributed by atoms with Crippen LogP contribution in [-0.4, -0.2) is 29.1 Å². The molecule has 1 aliphatic rings. The molecule has 0 spiro atoms. The van der Waals surface area contributed by atoms with Gasteiger partial charge in [0.1, 0.15) is 6.42 Å². The Bertz CT molecular complexity index is 733. The van der Waals surface area contributed by atoms with Gasteiger partial charge in [0.25, 0.3) is 0 Å². The van der Waals surface area contributed by atoms with E-state index in [0.29, 0.717) is 24.8 Å². The number of hydrogen-bond acceptors (Lipinski definition) is 4. The molecular weight excluding hydrogens is 347 g/mol. The second-order valence-corrected chi connectivity index (χ2v) is 8.84. The molecule has 0 aliphatic carbocycles. The van der Waals surface area contributed by atoms with Crippen LogP contribution in [0.3, 0.4) is 0 Å². The van der Waals surface area contributed by atoms with Crippen molar-refractivity contribution < 1.29 is 14.8 Å². The van der Waals surface area contributed by atoms with Gasteiger partial charge in [0.2, 0.25) is 0 Å². The zero-order chi connectivity index (χ0) is 18.6. The molecule has 136 valence electrons.